The topological polar surface area (TPSA) is 70.7 Å². The van der Waals surface area contributed by atoms with Gasteiger partial charge in [0.1, 0.15) is 11.0 Å². The van der Waals surface area contributed by atoms with E-state index in [1.165, 1.54) is 12.3 Å². The zero-order valence-corrected chi connectivity index (χ0v) is 11.7. The van der Waals surface area contributed by atoms with Crippen molar-refractivity contribution in [1.82, 2.24) is 20.3 Å². The zero-order valence-electron chi connectivity index (χ0n) is 10.2. The van der Waals surface area contributed by atoms with E-state index >= 15 is 0 Å². The maximum atomic E-state index is 12.1. The standard InChI is InChI=1S/C12H12Cl2N4O/c1-2-9(11-15-3-4-16-11)18-12(19)7-5-8(13)10(14)17-6-7/h3-6,9H,2H2,1H3,(H,15,16)(H,18,19). The summed E-state index contributed by atoms with van der Waals surface area (Å²) in [7, 11) is 0. The third-order valence-electron chi connectivity index (χ3n) is 2.62. The minimum absolute atomic E-state index is 0.177. The molecule has 0 bridgehead atoms. The van der Waals surface area contributed by atoms with Gasteiger partial charge in [-0.15, -0.1) is 0 Å². The van der Waals surface area contributed by atoms with Crippen molar-refractivity contribution in [3.8, 4) is 0 Å². The van der Waals surface area contributed by atoms with Crippen LogP contribution in [0.1, 0.15) is 35.6 Å². The van der Waals surface area contributed by atoms with Crippen molar-refractivity contribution in [2.45, 2.75) is 19.4 Å². The largest absolute Gasteiger partial charge is 0.347 e. The number of imidazole rings is 1. The summed E-state index contributed by atoms with van der Waals surface area (Å²) in [5.41, 5.74) is 0.361. The summed E-state index contributed by atoms with van der Waals surface area (Å²) in [5, 5.41) is 3.29. The van der Waals surface area contributed by atoms with E-state index in [1.807, 2.05) is 6.92 Å². The molecule has 2 heterocycles. The molecule has 2 N–H and O–H groups in total. The SMILES string of the molecule is CCC(NC(=O)c1cnc(Cl)c(Cl)c1)c1ncc[nH]1. The molecule has 1 unspecified atom stereocenters. The lowest BCUT2D eigenvalue weighted by Gasteiger charge is -2.14. The molecule has 0 aliphatic rings. The van der Waals surface area contributed by atoms with E-state index < -0.39 is 0 Å². The summed E-state index contributed by atoms with van der Waals surface area (Å²) in [6.07, 6.45) is 5.46. The number of H-pyrrole nitrogens is 1. The van der Waals surface area contributed by atoms with Crippen molar-refractivity contribution in [3.63, 3.8) is 0 Å². The molecule has 0 radical (unpaired) electrons. The van der Waals surface area contributed by atoms with Crippen LogP contribution in [0, 0.1) is 0 Å². The summed E-state index contributed by atoms with van der Waals surface area (Å²) in [5.74, 6) is 0.443. The Morgan fingerprint density at radius 3 is 2.84 bits per heavy atom. The van der Waals surface area contributed by atoms with Gasteiger partial charge in [0.2, 0.25) is 0 Å². The molecular formula is C12H12Cl2N4O. The number of carbonyl (C=O) groups excluding carboxylic acids is 1. The van der Waals surface area contributed by atoms with Crippen LogP contribution in [0.2, 0.25) is 10.2 Å². The van der Waals surface area contributed by atoms with E-state index in [2.05, 4.69) is 20.3 Å². The third-order valence-corrected chi connectivity index (χ3v) is 3.31. The van der Waals surface area contributed by atoms with Gasteiger partial charge in [-0.05, 0) is 12.5 Å². The van der Waals surface area contributed by atoms with Gasteiger partial charge in [-0.1, -0.05) is 30.1 Å². The number of amides is 1. The fourth-order valence-corrected chi connectivity index (χ4v) is 1.89. The molecular weight excluding hydrogens is 287 g/mol. The molecule has 100 valence electrons. The van der Waals surface area contributed by atoms with Crippen LogP contribution in [0.4, 0.5) is 0 Å². The predicted molar refractivity (Wildman–Crippen MR) is 73.3 cm³/mol. The first-order valence-electron chi connectivity index (χ1n) is 5.73. The first-order chi connectivity index (χ1) is 9.11. The van der Waals surface area contributed by atoms with Gasteiger partial charge in [-0.2, -0.15) is 0 Å². The Labute approximate surface area is 120 Å². The average molecular weight is 299 g/mol. The molecule has 0 saturated heterocycles. The number of aromatic amines is 1. The summed E-state index contributed by atoms with van der Waals surface area (Å²) in [6, 6.07) is 1.30. The second kappa shape index (κ2) is 6.04. The van der Waals surface area contributed by atoms with E-state index in [0.29, 0.717) is 17.8 Å². The Balaban J connectivity index is 2.13. The van der Waals surface area contributed by atoms with E-state index in [-0.39, 0.29) is 22.1 Å². The van der Waals surface area contributed by atoms with Gasteiger partial charge in [0, 0.05) is 18.6 Å². The smallest absolute Gasteiger partial charge is 0.253 e. The lowest BCUT2D eigenvalue weighted by atomic mass is 10.2. The molecule has 1 amide bonds. The summed E-state index contributed by atoms with van der Waals surface area (Å²) < 4.78 is 0. The molecule has 0 aromatic carbocycles. The third kappa shape index (κ3) is 3.24. The Hall–Kier alpha value is -1.59. The van der Waals surface area contributed by atoms with Crippen LogP contribution in [0.3, 0.4) is 0 Å². The maximum absolute atomic E-state index is 12.1. The number of pyridine rings is 1. The monoisotopic (exact) mass is 298 g/mol. The van der Waals surface area contributed by atoms with Gasteiger partial charge in [0.15, 0.2) is 0 Å². The molecule has 0 saturated carbocycles. The van der Waals surface area contributed by atoms with Gasteiger partial charge >= 0.3 is 0 Å². The van der Waals surface area contributed by atoms with Crippen LogP contribution in [-0.2, 0) is 0 Å². The molecule has 0 aliphatic carbocycles. The van der Waals surface area contributed by atoms with Crippen molar-refractivity contribution in [3.05, 3.63) is 46.2 Å². The molecule has 0 fully saturated rings. The molecule has 2 aromatic heterocycles. The van der Waals surface area contributed by atoms with Crippen molar-refractivity contribution < 1.29 is 4.79 Å². The molecule has 5 nitrogen and oxygen atoms in total. The second-order valence-electron chi connectivity index (χ2n) is 3.91. The highest BCUT2D eigenvalue weighted by Gasteiger charge is 2.16. The summed E-state index contributed by atoms with van der Waals surface area (Å²) in [4.78, 5) is 23.0. The lowest BCUT2D eigenvalue weighted by molar-refractivity contribution is 0.0933. The summed E-state index contributed by atoms with van der Waals surface area (Å²) in [6.45, 7) is 1.96. The fourth-order valence-electron chi connectivity index (χ4n) is 1.62. The minimum atomic E-state index is -0.269. The number of nitrogens with one attached hydrogen (secondary N) is 2. The predicted octanol–water partition coefficient (Wildman–Crippen LogP) is 2.99. The van der Waals surface area contributed by atoms with Gasteiger partial charge in [-0.25, -0.2) is 9.97 Å². The number of nitrogens with zero attached hydrogens (tertiary/aromatic N) is 2. The Morgan fingerprint density at radius 2 is 2.26 bits per heavy atom. The van der Waals surface area contributed by atoms with Crippen LogP contribution < -0.4 is 5.32 Å². The van der Waals surface area contributed by atoms with Crippen molar-refractivity contribution in [2.24, 2.45) is 0 Å². The van der Waals surface area contributed by atoms with Crippen molar-refractivity contribution in [2.75, 3.05) is 0 Å². The average Bonchev–Trinajstić information content (AvgIpc) is 2.92. The highest BCUT2D eigenvalue weighted by Crippen LogP contribution is 2.20. The van der Waals surface area contributed by atoms with E-state index in [0.717, 1.165) is 0 Å². The Morgan fingerprint density at radius 1 is 1.47 bits per heavy atom. The van der Waals surface area contributed by atoms with Gasteiger partial charge in [-0.3, -0.25) is 4.79 Å². The van der Waals surface area contributed by atoms with Crippen LogP contribution in [0.5, 0.6) is 0 Å². The number of hydrogen-bond donors (Lipinski definition) is 2. The molecule has 1 atom stereocenters. The first-order valence-corrected chi connectivity index (χ1v) is 6.48. The van der Waals surface area contributed by atoms with Crippen molar-refractivity contribution in [1.29, 1.82) is 0 Å². The van der Waals surface area contributed by atoms with Crippen LogP contribution in [-0.4, -0.2) is 20.9 Å². The molecule has 2 aromatic rings. The molecule has 7 heteroatoms. The van der Waals surface area contributed by atoms with E-state index in [4.69, 9.17) is 23.2 Å². The van der Waals surface area contributed by atoms with Crippen LogP contribution >= 0.6 is 23.2 Å². The summed E-state index contributed by atoms with van der Waals surface area (Å²) >= 11 is 11.5. The van der Waals surface area contributed by atoms with Gasteiger partial charge in [0.25, 0.3) is 5.91 Å². The fraction of sp³-hybridized carbons (Fsp3) is 0.250. The van der Waals surface area contributed by atoms with Crippen LogP contribution in [0.25, 0.3) is 0 Å². The lowest BCUT2D eigenvalue weighted by Crippen LogP contribution is -2.29. The number of aromatic nitrogens is 3. The normalized spacial score (nSPS) is 12.2. The number of rotatable bonds is 4. The quantitative estimate of drug-likeness (QED) is 0.853. The van der Waals surface area contributed by atoms with E-state index in [9.17, 15) is 4.79 Å². The Kier molecular flexibility index (Phi) is 4.39. The molecule has 0 spiro atoms. The number of carbonyl (C=O) groups is 1. The molecule has 0 aliphatic heterocycles. The minimum Gasteiger partial charge on any atom is -0.347 e. The van der Waals surface area contributed by atoms with E-state index in [1.54, 1.807) is 12.4 Å². The second-order valence-corrected chi connectivity index (χ2v) is 4.67. The highest BCUT2D eigenvalue weighted by atomic mass is 35.5. The van der Waals surface area contributed by atoms with Crippen LogP contribution in [0.15, 0.2) is 24.7 Å². The van der Waals surface area contributed by atoms with Crippen molar-refractivity contribution >= 4 is 29.1 Å². The molecule has 2 rings (SSSR count). The number of hydrogen-bond acceptors (Lipinski definition) is 3. The highest BCUT2D eigenvalue weighted by molar-refractivity contribution is 6.41. The number of halogens is 2. The molecule has 19 heavy (non-hydrogen) atoms. The maximum Gasteiger partial charge on any atom is 0.253 e. The Bertz CT molecular complexity index is 571. The zero-order chi connectivity index (χ0) is 13.8. The van der Waals surface area contributed by atoms with Gasteiger partial charge < -0.3 is 10.3 Å². The van der Waals surface area contributed by atoms with Gasteiger partial charge in [0.05, 0.1) is 16.6 Å². The first kappa shape index (κ1) is 13.8.